The monoisotopic (exact) mass is 529 g/mol. The molecular weight excluding hydrogens is 495 g/mol. The van der Waals surface area contributed by atoms with Crippen molar-refractivity contribution in [2.24, 2.45) is 28.9 Å². The van der Waals surface area contributed by atoms with E-state index in [1.54, 1.807) is 0 Å². The highest BCUT2D eigenvalue weighted by atomic mass is 19.4. The summed E-state index contributed by atoms with van der Waals surface area (Å²) < 4.78 is 38.8. The molecule has 3 unspecified atom stereocenters. The molecule has 2 heterocycles. The Morgan fingerprint density at radius 2 is 1.78 bits per heavy atom. The average Bonchev–Trinajstić information content (AvgIpc) is 3.03. The van der Waals surface area contributed by atoms with Crippen molar-refractivity contribution in [2.75, 3.05) is 6.54 Å². The lowest BCUT2D eigenvalue weighted by Crippen LogP contribution is -2.67. The Balaban J connectivity index is 1.52. The lowest BCUT2D eigenvalue weighted by atomic mass is 9.75. The van der Waals surface area contributed by atoms with Crippen molar-refractivity contribution in [3.8, 4) is 0 Å². The molecule has 0 spiro atoms. The van der Waals surface area contributed by atoms with Crippen LogP contribution in [0.25, 0.3) is 0 Å². The zero-order chi connectivity index (χ0) is 27.7. The molecule has 0 aromatic rings. The highest BCUT2D eigenvalue weighted by Gasteiger charge is 2.70. The molecule has 0 aromatic heterocycles. The van der Waals surface area contributed by atoms with Gasteiger partial charge in [-0.25, -0.2) is 0 Å². The fourth-order valence-electron chi connectivity index (χ4n) is 6.45. The first-order valence-corrected chi connectivity index (χ1v) is 12.5. The lowest BCUT2D eigenvalue weighted by molar-refractivity contribution is -0.179. The Bertz CT molecular complexity index is 1040. The zero-order valence-corrected chi connectivity index (χ0v) is 21.3. The van der Waals surface area contributed by atoms with Crippen molar-refractivity contribution in [3.63, 3.8) is 0 Å². The number of primary amides is 1. The number of fused-ring (bicyclic) bond motifs is 1. The van der Waals surface area contributed by atoms with E-state index in [-0.39, 0.29) is 49.0 Å². The standard InChI is InChI=1S/C24H34F3N5O5/c1-21(2)9-11(17(34)30-21)8-13(16(28)33)29-18(35)15-14-12(22(14,3)4)10-32(15)20(37)23(6-5-7-23)31-19(36)24(25,26)27/h11-15H,5-10H2,1-4H3,(H2,28,33)(H,29,35)(H,30,34)(H,31,36)/t11-,12?,13+,14?,15?/m1/s1. The first kappa shape index (κ1) is 27.2. The van der Waals surface area contributed by atoms with Crippen LogP contribution in [0.1, 0.15) is 59.8 Å². The number of hydrogen-bond donors (Lipinski definition) is 4. The minimum absolute atomic E-state index is 0.0138. The maximum atomic E-state index is 13.5. The Morgan fingerprint density at radius 3 is 2.24 bits per heavy atom. The molecule has 4 aliphatic rings. The molecule has 2 aliphatic carbocycles. The summed E-state index contributed by atoms with van der Waals surface area (Å²) in [4.78, 5) is 64.5. The second kappa shape index (κ2) is 8.59. The van der Waals surface area contributed by atoms with Crippen LogP contribution in [0.15, 0.2) is 0 Å². The molecule has 2 saturated carbocycles. The number of likely N-dealkylation sites (tertiary alicyclic amines) is 1. The third-order valence-corrected chi connectivity index (χ3v) is 8.73. The Hall–Kier alpha value is -2.86. The van der Waals surface area contributed by atoms with E-state index in [2.05, 4.69) is 10.6 Å². The number of halogens is 3. The molecule has 10 nitrogen and oxygen atoms in total. The molecule has 5 atom stereocenters. The fourth-order valence-corrected chi connectivity index (χ4v) is 6.45. The van der Waals surface area contributed by atoms with Crippen molar-refractivity contribution >= 4 is 29.5 Å². The second-order valence-corrected chi connectivity index (χ2v) is 12.2. The van der Waals surface area contributed by atoms with Gasteiger partial charge in [0.2, 0.25) is 23.6 Å². The van der Waals surface area contributed by atoms with E-state index < -0.39 is 58.9 Å². The van der Waals surface area contributed by atoms with Gasteiger partial charge in [-0.3, -0.25) is 24.0 Å². The molecule has 0 bridgehead atoms. The van der Waals surface area contributed by atoms with Gasteiger partial charge in [0.15, 0.2) is 0 Å². The maximum absolute atomic E-state index is 13.5. The van der Waals surface area contributed by atoms with Gasteiger partial charge >= 0.3 is 12.1 Å². The van der Waals surface area contributed by atoms with Crippen LogP contribution in [0.3, 0.4) is 0 Å². The molecule has 5 amide bonds. The van der Waals surface area contributed by atoms with E-state index in [1.807, 2.05) is 33.0 Å². The summed E-state index contributed by atoms with van der Waals surface area (Å²) in [6, 6.07) is -2.21. The first-order chi connectivity index (χ1) is 16.9. The molecule has 0 aromatic carbocycles. The highest BCUT2D eigenvalue weighted by Crippen LogP contribution is 2.65. The molecule has 13 heteroatoms. The maximum Gasteiger partial charge on any atom is 0.471 e. The lowest BCUT2D eigenvalue weighted by Gasteiger charge is -2.45. The van der Waals surface area contributed by atoms with Crippen LogP contribution < -0.4 is 21.7 Å². The van der Waals surface area contributed by atoms with Crippen molar-refractivity contribution < 1.29 is 37.1 Å². The van der Waals surface area contributed by atoms with Crippen LogP contribution >= 0.6 is 0 Å². The van der Waals surface area contributed by atoms with E-state index in [0.717, 1.165) is 0 Å². The van der Waals surface area contributed by atoms with E-state index >= 15 is 0 Å². The smallest absolute Gasteiger partial charge is 0.368 e. The Labute approximate surface area is 212 Å². The molecule has 2 saturated heterocycles. The van der Waals surface area contributed by atoms with Gasteiger partial charge in [-0.05, 0) is 63.2 Å². The van der Waals surface area contributed by atoms with Crippen molar-refractivity contribution in [1.82, 2.24) is 20.9 Å². The quantitative estimate of drug-likeness (QED) is 0.375. The largest absolute Gasteiger partial charge is 0.471 e. The highest BCUT2D eigenvalue weighted by molar-refractivity contribution is 5.98. The molecule has 2 aliphatic heterocycles. The molecule has 206 valence electrons. The molecule has 5 N–H and O–H groups in total. The van der Waals surface area contributed by atoms with E-state index in [4.69, 9.17) is 5.73 Å². The number of nitrogens with one attached hydrogen (secondary N) is 3. The number of alkyl halides is 3. The van der Waals surface area contributed by atoms with Crippen LogP contribution in [-0.2, 0) is 24.0 Å². The van der Waals surface area contributed by atoms with E-state index in [9.17, 15) is 37.1 Å². The van der Waals surface area contributed by atoms with Crippen LogP contribution in [0.5, 0.6) is 0 Å². The van der Waals surface area contributed by atoms with Gasteiger partial charge in [-0.15, -0.1) is 0 Å². The predicted molar refractivity (Wildman–Crippen MR) is 123 cm³/mol. The number of amides is 5. The number of nitrogens with zero attached hydrogens (tertiary/aromatic N) is 1. The summed E-state index contributed by atoms with van der Waals surface area (Å²) in [7, 11) is 0. The summed E-state index contributed by atoms with van der Waals surface area (Å²) in [6.07, 6.45) is -4.19. The van der Waals surface area contributed by atoms with Gasteiger partial charge in [0.1, 0.15) is 17.6 Å². The van der Waals surface area contributed by atoms with Gasteiger partial charge < -0.3 is 26.6 Å². The molecule has 37 heavy (non-hydrogen) atoms. The first-order valence-electron chi connectivity index (χ1n) is 12.5. The van der Waals surface area contributed by atoms with Crippen LogP contribution in [0.2, 0.25) is 0 Å². The summed E-state index contributed by atoms with van der Waals surface area (Å²) in [6.45, 7) is 7.71. The van der Waals surface area contributed by atoms with Crippen molar-refractivity contribution in [1.29, 1.82) is 0 Å². The molecular formula is C24H34F3N5O5. The van der Waals surface area contributed by atoms with Gasteiger partial charge in [-0.2, -0.15) is 13.2 Å². The number of carbonyl (C=O) groups is 5. The summed E-state index contributed by atoms with van der Waals surface area (Å²) >= 11 is 0. The van der Waals surface area contributed by atoms with Crippen LogP contribution in [-0.4, -0.2) is 70.3 Å². The van der Waals surface area contributed by atoms with Crippen LogP contribution in [0.4, 0.5) is 13.2 Å². The Morgan fingerprint density at radius 1 is 1.16 bits per heavy atom. The topological polar surface area (TPSA) is 151 Å². The van der Waals surface area contributed by atoms with Crippen molar-refractivity contribution in [2.45, 2.75) is 89.1 Å². The summed E-state index contributed by atoms with van der Waals surface area (Å²) in [5, 5.41) is 7.31. The zero-order valence-electron chi connectivity index (χ0n) is 21.3. The number of rotatable bonds is 7. The number of carbonyl (C=O) groups excluding carboxylic acids is 5. The SMILES string of the molecule is CC1(C)C[C@@H](C[C@H](NC(=O)C2C3C(CN2C(=O)C2(NC(=O)C(F)(F)F)CCC2)C3(C)C)C(N)=O)C(=O)N1. The molecule has 4 rings (SSSR count). The number of hydrogen-bond acceptors (Lipinski definition) is 5. The minimum Gasteiger partial charge on any atom is -0.368 e. The number of piperidine rings is 1. The third-order valence-electron chi connectivity index (χ3n) is 8.73. The van der Waals surface area contributed by atoms with Crippen molar-refractivity contribution in [3.05, 3.63) is 0 Å². The second-order valence-electron chi connectivity index (χ2n) is 12.2. The summed E-state index contributed by atoms with van der Waals surface area (Å²) in [5.74, 6) is -5.53. The minimum atomic E-state index is -5.15. The predicted octanol–water partition coefficient (Wildman–Crippen LogP) is 0.346. The van der Waals surface area contributed by atoms with Crippen LogP contribution in [0, 0.1) is 23.2 Å². The molecule has 0 radical (unpaired) electrons. The summed E-state index contributed by atoms with van der Waals surface area (Å²) in [5.41, 5.74) is 3.06. The molecule has 4 fully saturated rings. The van der Waals surface area contributed by atoms with Gasteiger partial charge in [0.05, 0.1) is 0 Å². The Kier molecular flexibility index (Phi) is 6.31. The average molecular weight is 530 g/mol. The van der Waals surface area contributed by atoms with Gasteiger partial charge in [-0.1, -0.05) is 13.8 Å². The fraction of sp³-hybridized carbons (Fsp3) is 0.792. The van der Waals surface area contributed by atoms with E-state index in [0.29, 0.717) is 12.8 Å². The van der Waals surface area contributed by atoms with Gasteiger partial charge in [0, 0.05) is 18.0 Å². The normalized spacial score (nSPS) is 31.4. The van der Waals surface area contributed by atoms with E-state index in [1.165, 1.54) is 4.90 Å². The third kappa shape index (κ3) is 4.76. The number of nitrogens with two attached hydrogens (primary N) is 1. The van der Waals surface area contributed by atoms with Gasteiger partial charge in [0.25, 0.3) is 0 Å².